The summed E-state index contributed by atoms with van der Waals surface area (Å²) in [5.74, 6) is 0. The summed E-state index contributed by atoms with van der Waals surface area (Å²) in [4.78, 5) is 0. The van der Waals surface area contributed by atoms with E-state index in [-0.39, 0.29) is 11.0 Å². The Morgan fingerprint density at radius 1 is 1.31 bits per heavy atom. The van der Waals surface area contributed by atoms with Crippen molar-refractivity contribution in [3.05, 3.63) is 0 Å². The van der Waals surface area contributed by atoms with Crippen LogP contribution < -0.4 is 5.32 Å². The maximum Gasteiger partial charge on any atom is 0.0599 e. The zero-order valence-corrected chi connectivity index (χ0v) is 9.95. The third-order valence-electron chi connectivity index (χ3n) is 1.53. The van der Waals surface area contributed by atoms with Crippen LogP contribution in [0, 0.1) is 0 Å². The van der Waals surface area contributed by atoms with Gasteiger partial charge in [0, 0.05) is 11.9 Å². The van der Waals surface area contributed by atoms with E-state index in [2.05, 4.69) is 26.1 Å². The molecular weight excluding hydrogens is 186 g/mol. The molecule has 0 heterocycles. The molecule has 0 spiro atoms. The van der Waals surface area contributed by atoms with Crippen LogP contribution in [0.4, 0.5) is 0 Å². The van der Waals surface area contributed by atoms with Crippen LogP contribution in [-0.4, -0.2) is 30.7 Å². The number of hydrogen-bond acceptors (Lipinski definition) is 2. The second-order valence-corrected chi connectivity index (χ2v) is 5.03. The Labute approximate surface area is 87.0 Å². The Balaban J connectivity index is 3.09. The molecule has 0 aliphatic rings. The lowest BCUT2D eigenvalue weighted by atomic mass is 10.2. The maximum absolute atomic E-state index is 5.79. The molecule has 0 radical (unpaired) electrons. The van der Waals surface area contributed by atoms with Crippen molar-refractivity contribution in [1.82, 2.24) is 5.32 Å². The summed E-state index contributed by atoms with van der Waals surface area (Å²) in [5.41, 5.74) is -0.0263. The van der Waals surface area contributed by atoms with Crippen LogP contribution in [-0.2, 0) is 4.74 Å². The van der Waals surface area contributed by atoms with Crippen LogP contribution in [0.25, 0.3) is 0 Å². The number of halogens is 1. The molecule has 0 aromatic rings. The Bertz CT molecular complexity index is 121. The minimum atomic E-state index is -0.0263. The molecule has 0 aliphatic carbocycles. The Kier molecular flexibility index (Phi) is 6.74. The van der Waals surface area contributed by atoms with Gasteiger partial charge in [-0.05, 0) is 40.7 Å². The highest BCUT2D eigenvalue weighted by Crippen LogP contribution is 2.05. The Hall–Kier alpha value is 0.210. The van der Waals surface area contributed by atoms with E-state index in [4.69, 9.17) is 16.3 Å². The Morgan fingerprint density at radius 2 is 1.92 bits per heavy atom. The van der Waals surface area contributed by atoms with E-state index in [9.17, 15) is 0 Å². The van der Waals surface area contributed by atoms with Crippen LogP contribution in [0.5, 0.6) is 0 Å². The van der Waals surface area contributed by atoms with Crippen LogP contribution >= 0.6 is 11.6 Å². The molecule has 0 fully saturated rings. The molecule has 80 valence electrons. The van der Waals surface area contributed by atoms with E-state index >= 15 is 0 Å². The number of ether oxygens (including phenoxy) is 1. The molecule has 2 nitrogen and oxygen atoms in total. The van der Waals surface area contributed by atoms with Crippen LogP contribution in [0.15, 0.2) is 0 Å². The second kappa shape index (κ2) is 6.63. The predicted octanol–water partition coefficient (Wildman–Crippen LogP) is 2.41. The molecule has 1 atom stereocenters. The summed E-state index contributed by atoms with van der Waals surface area (Å²) >= 11 is 5.79. The minimum absolute atomic E-state index is 0.0263. The third kappa shape index (κ3) is 12.2. The monoisotopic (exact) mass is 207 g/mol. The summed E-state index contributed by atoms with van der Waals surface area (Å²) in [7, 11) is 0. The highest BCUT2D eigenvalue weighted by molar-refractivity contribution is 6.20. The smallest absolute Gasteiger partial charge is 0.0599 e. The van der Waals surface area contributed by atoms with Crippen LogP contribution in [0.3, 0.4) is 0 Å². The zero-order valence-electron chi connectivity index (χ0n) is 9.19. The van der Waals surface area contributed by atoms with Gasteiger partial charge in [0.05, 0.1) is 12.2 Å². The molecule has 0 saturated heterocycles. The molecule has 3 heteroatoms. The summed E-state index contributed by atoms with van der Waals surface area (Å²) < 4.78 is 5.54. The number of nitrogens with one attached hydrogen (secondary N) is 1. The molecule has 13 heavy (non-hydrogen) atoms. The highest BCUT2D eigenvalue weighted by atomic mass is 35.5. The lowest BCUT2D eigenvalue weighted by molar-refractivity contribution is -0.000748. The molecule has 0 aromatic carbocycles. The largest absolute Gasteiger partial charge is 0.375 e. The number of alkyl halides is 1. The van der Waals surface area contributed by atoms with Gasteiger partial charge in [0.25, 0.3) is 0 Å². The van der Waals surface area contributed by atoms with E-state index in [0.29, 0.717) is 0 Å². The molecule has 0 rings (SSSR count). The normalized spacial score (nSPS) is 14.5. The van der Waals surface area contributed by atoms with Crippen molar-refractivity contribution in [3.63, 3.8) is 0 Å². The first-order chi connectivity index (χ1) is 5.92. The standard InChI is InChI=1S/C10H22ClNO/c1-9(11)5-6-12-7-8-13-10(2,3)4/h9,12H,5-8H2,1-4H3. The van der Waals surface area contributed by atoms with Crippen molar-refractivity contribution < 1.29 is 4.74 Å². The molecular formula is C10H22ClNO. The molecule has 0 bridgehead atoms. The first-order valence-corrected chi connectivity index (χ1v) is 5.34. The fourth-order valence-electron chi connectivity index (χ4n) is 0.855. The van der Waals surface area contributed by atoms with Crippen molar-refractivity contribution in [2.24, 2.45) is 0 Å². The third-order valence-corrected chi connectivity index (χ3v) is 1.75. The first kappa shape index (κ1) is 13.2. The van der Waals surface area contributed by atoms with Crippen molar-refractivity contribution in [1.29, 1.82) is 0 Å². The molecule has 0 amide bonds. The first-order valence-electron chi connectivity index (χ1n) is 4.90. The van der Waals surface area contributed by atoms with E-state index in [1.165, 1.54) is 0 Å². The van der Waals surface area contributed by atoms with Gasteiger partial charge in [-0.25, -0.2) is 0 Å². The highest BCUT2D eigenvalue weighted by Gasteiger charge is 2.08. The van der Waals surface area contributed by atoms with Crippen molar-refractivity contribution >= 4 is 11.6 Å². The second-order valence-electron chi connectivity index (χ2n) is 4.28. The van der Waals surface area contributed by atoms with Gasteiger partial charge in [-0.3, -0.25) is 0 Å². The molecule has 0 aromatic heterocycles. The van der Waals surface area contributed by atoms with E-state index in [0.717, 1.165) is 26.1 Å². The summed E-state index contributed by atoms with van der Waals surface area (Å²) in [6.07, 6.45) is 1.01. The summed E-state index contributed by atoms with van der Waals surface area (Å²) in [6, 6.07) is 0. The fourth-order valence-corrected chi connectivity index (χ4v) is 0.964. The quantitative estimate of drug-likeness (QED) is 0.534. The average molecular weight is 208 g/mol. The zero-order chi connectivity index (χ0) is 10.3. The molecule has 0 saturated carbocycles. The molecule has 1 unspecified atom stereocenters. The molecule has 0 aliphatic heterocycles. The topological polar surface area (TPSA) is 21.3 Å². The van der Waals surface area contributed by atoms with Gasteiger partial charge in [-0.15, -0.1) is 11.6 Å². The van der Waals surface area contributed by atoms with E-state index < -0.39 is 0 Å². The van der Waals surface area contributed by atoms with Gasteiger partial charge in [0.1, 0.15) is 0 Å². The van der Waals surface area contributed by atoms with Crippen LogP contribution in [0.2, 0.25) is 0 Å². The van der Waals surface area contributed by atoms with Crippen molar-refractivity contribution in [2.45, 2.75) is 45.1 Å². The summed E-state index contributed by atoms with van der Waals surface area (Å²) in [6.45, 7) is 10.8. The van der Waals surface area contributed by atoms with E-state index in [1.807, 2.05) is 6.92 Å². The maximum atomic E-state index is 5.79. The SMILES string of the molecule is CC(Cl)CCNCCOC(C)(C)C. The van der Waals surface area contributed by atoms with E-state index in [1.54, 1.807) is 0 Å². The lowest BCUT2D eigenvalue weighted by Crippen LogP contribution is -2.27. The van der Waals surface area contributed by atoms with Crippen LogP contribution in [0.1, 0.15) is 34.1 Å². The number of rotatable bonds is 6. The van der Waals surface area contributed by atoms with Gasteiger partial charge >= 0.3 is 0 Å². The summed E-state index contributed by atoms with van der Waals surface area (Å²) in [5, 5.41) is 3.54. The van der Waals surface area contributed by atoms with Crippen molar-refractivity contribution in [3.8, 4) is 0 Å². The van der Waals surface area contributed by atoms with Gasteiger partial charge in [-0.2, -0.15) is 0 Å². The minimum Gasteiger partial charge on any atom is -0.375 e. The van der Waals surface area contributed by atoms with Gasteiger partial charge in [-0.1, -0.05) is 0 Å². The van der Waals surface area contributed by atoms with Gasteiger partial charge in [0.2, 0.25) is 0 Å². The number of hydrogen-bond donors (Lipinski definition) is 1. The van der Waals surface area contributed by atoms with Gasteiger partial charge in [0.15, 0.2) is 0 Å². The Morgan fingerprint density at radius 3 is 2.38 bits per heavy atom. The lowest BCUT2D eigenvalue weighted by Gasteiger charge is -2.19. The fraction of sp³-hybridized carbons (Fsp3) is 1.00. The average Bonchev–Trinajstić information content (AvgIpc) is 1.93. The predicted molar refractivity (Wildman–Crippen MR) is 58.5 cm³/mol. The molecule has 1 N–H and O–H groups in total. The van der Waals surface area contributed by atoms with Crippen molar-refractivity contribution in [2.75, 3.05) is 19.7 Å². The van der Waals surface area contributed by atoms with Gasteiger partial charge < -0.3 is 10.1 Å².